The number of hydrogen-bond donors (Lipinski definition) is 2. The number of rotatable bonds is 4. The summed E-state index contributed by atoms with van der Waals surface area (Å²) in [4.78, 5) is 11.9. The summed E-state index contributed by atoms with van der Waals surface area (Å²) in [6.45, 7) is 1.84. The van der Waals surface area contributed by atoms with E-state index in [0.717, 1.165) is 10.0 Å². The Morgan fingerprint density at radius 1 is 1.33 bits per heavy atom. The van der Waals surface area contributed by atoms with E-state index in [-0.39, 0.29) is 12.5 Å². The first-order valence-electron chi connectivity index (χ1n) is 6.19. The minimum atomic E-state index is -0.303. The normalized spacial score (nSPS) is 10.2. The molecule has 6 heteroatoms. The van der Waals surface area contributed by atoms with Gasteiger partial charge in [0.2, 0.25) is 0 Å². The maximum absolute atomic E-state index is 11.9. The number of carbonyl (C=O) groups is 1. The number of hydrogen-bond acceptors (Lipinski definition) is 3. The second-order valence-electron chi connectivity index (χ2n) is 4.49. The van der Waals surface area contributed by atoms with Crippen LogP contribution in [0.15, 0.2) is 40.9 Å². The maximum Gasteiger partial charge on any atom is 0.262 e. The van der Waals surface area contributed by atoms with E-state index in [0.29, 0.717) is 22.1 Å². The molecule has 0 aliphatic rings. The van der Waals surface area contributed by atoms with Gasteiger partial charge in [-0.05, 0) is 48.9 Å². The van der Waals surface area contributed by atoms with Gasteiger partial charge in [0.25, 0.3) is 5.91 Å². The highest BCUT2D eigenvalue weighted by atomic mass is 79.9. The van der Waals surface area contributed by atoms with Gasteiger partial charge in [0.1, 0.15) is 5.75 Å². The zero-order chi connectivity index (χ0) is 15.4. The maximum atomic E-state index is 11.9. The molecule has 0 aliphatic heterocycles. The third-order valence-electron chi connectivity index (χ3n) is 2.76. The smallest absolute Gasteiger partial charge is 0.262 e. The van der Waals surface area contributed by atoms with Gasteiger partial charge in [-0.2, -0.15) is 0 Å². The Morgan fingerprint density at radius 2 is 2.10 bits per heavy atom. The average Bonchev–Trinajstić information content (AvgIpc) is 2.44. The molecule has 0 fully saturated rings. The molecule has 1 amide bonds. The number of halogens is 2. The topological polar surface area (TPSA) is 64.3 Å². The van der Waals surface area contributed by atoms with Gasteiger partial charge in [0.15, 0.2) is 6.61 Å². The Balaban J connectivity index is 1.95. The van der Waals surface area contributed by atoms with Crippen LogP contribution in [0.25, 0.3) is 0 Å². The quantitative estimate of drug-likeness (QED) is 0.800. The predicted octanol–water partition coefficient (Wildman–Crippen LogP) is 4.01. The van der Waals surface area contributed by atoms with Crippen molar-refractivity contribution >= 4 is 44.8 Å². The molecule has 0 spiro atoms. The molecule has 0 aliphatic carbocycles. The molecule has 2 aromatic carbocycles. The van der Waals surface area contributed by atoms with Crippen LogP contribution in [0.2, 0.25) is 5.02 Å². The Morgan fingerprint density at radius 3 is 2.81 bits per heavy atom. The van der Waals surface area contributed by atoms with Gasteiger partial charge in [0.05, 0.1) is 10.7 Å². The summed E-state index contributed by atoms with van der Waals surface area (Å²) in [6, 6.07) is 10.4. The van der Waals surface area contributed by atoms with Crippen LogP contribution in [0.1, 0.15) is 5.56 Å². The third kappa shape index (κ3) is 4.37. The summed E-state index contributed by atoms with van der Waals surface area (Å²) in [7, 11) is 0. The molecule has 0 heterocycles. The molecule has 21 heavy (non-hydrogen) atoms. The minimum absolute atomic E-state index is 0.105. The van der Waals surface area contributed by atoms with Crippen LogP contribution in [-0.4, -0.2) is 12.5 Å². The lowest BCUT2D eigenvalue weighted by Gasteiger charge is -2.10. The molecule has 0 bridgehead atoms. The van der Waals surface area contributed by atoms with Crippen molar-refractivity contribution in [2.24, 2.45) is 0 Å². The molecule has 0 aromatic heterocycles. The Bertz CT molecular complexity index is 677. The number of amides is 1. The molecular formula is C15H14BrClN2O2. The van der Waals surface area contributed by atoms with Gasteiger partial charge in [0, 0.05) is 10.2 Å². The Kier molecular flexibility index (Phi) is 5.09. The van der Waals surface area contributed by atoms with Crippen LogP contribution in [0.4, 0.5) is 11.4 Å². The van der Waals surface area contributed by atoms with Crippen molar-refractivity contribution in [1.29, 1.82) is 0 Å². The summed E-state index contributed by atoms with van der Waals surface area (Å²) >= 11 is 9.39. The SMILES string of the molecule is Cc1cc(OCC(=O)Nc2cc(N)ccc2Cl)ccc1Br. The highest BCUT2D eigenvalue weighted by Gasteiger charge is 2.08. The predicted molar refractivity (Wildman–Crippen MR) is 88.9 cm³/mol. The summed E-state index contributed by atoms with van der Waals surface area (Å²) in [5.74, 6) is 0.326. The largest absolute Gasteiger partial charge is 0.484 e. The number of carbonyl (C=O) groups excluding carboxylic acids is 1. The van der Waals surface area contributed by atoms with E-state index in [9.17, 15) is 4.79 Å². The fourth-order valence-corrected chi connectivity index (χ4v) is 2.09. The molecule has 110 valence electrons. The van der Waals surface area contributed by atoms with Crippen LogP contribution in [0, 0.1) is 6.92 Å². The molecule has 0 radical (unpaired) electrons. The van der Waals surface area contributed by atoms with E-state index in [1.165, 1.54) is 0 Å². The third-order valence-corrected chi connectivity index (χ3v) is 3.98. The molecule has 0 saturated carbocycles. The lowest BCUT2D eigenvalue weighted by molar-refractivity contribution is -0.118. The van der Waals surface area contributed by atoms with E-state index in [4.69, 9.17) is 22.1 Å². The Labute approximate surface area is 136 Å². The first kappa shape index (κ1) is 15.7. The summed E-state index contributed by atoms with van der Waals surface area (Å²) in [5.41, 5.74) is 7.68. The zero-order valence-corrected chi connectivity index (χ0v) is 13.7. The molecule has 0 saturated heterocycles. The van der Waals surface area contributed by atoms with Gasteiger partial charge < -0.3 is 15.8 Å². The number of nitrogens with one attached hydrogen (secondary N) is 1. The van der Waals surface area contributed by atoms with Crippen LogP contribution < -0.4 is 15.8 Å². The molecule has 2 rings (SSSR count). The average molecular weight is 370 g/mol. The van der Waals surface area contributed by atoms with Crippen LogP contribution in [0.5, 0.6) is 5.75 Å². The minimum Gasteiger partial charge on any atom is -0.484 e. The number of benzene rings is 2. The number of aryl methyl sites for hydroxylation is 1. The standard InChI is InChI=1S/C15H14BrClN2O2/c1-9-6-11(3-4-12(9)16)21-8-15(20)19-14-7-10(18)2-5-13(14)17/h2-7H,8,18H2,1H3,(H,19,20). The highest BCUT2D eigenvalue weighted by Crippen LogP contribution is 2.24. The van der Waals surface area contributed by atoms with Crippen molar-refractivity contribution in [2.45, 2.75) is 6.92 Å². The van der Waals surface area contributed by atoms with Gasteiger partial charge in [-0.15, -0.1) is 0 Å². The van der Waals surface area contributed by atoms with Crippen molar-refractivity contribution in [1.82, 2.24) is 0 Å². The van der Waals surface area contributed by atoms with Crippen LogP contribution >= 0.6 is 27.5 Å². The lowest BCUT2D eigenvalue weighted by atomic mass is 10.2. The number of ether oxygens (including phenoxy) is 1. The van der Waals surface area contributed by atoms with E-state index in [1.54, 1.807) is 24.3 Å². The van der Waals surface area contributed by atoms with Gasteiger partial charge >= 0.3 is 0 Å². The Hall–Kier alpha value is -1.72. The van der Waals surface area contributed by atoms with Crippen molar-refractivity contribution in [3.63, 3.8) is 0 Å². The summed E-state index contributed by atoms with van der Waals surface area (Å²) < 4.78 is 6.43. The van der Waals surface area contributed by atoms with Crippen molar-refractivity contribution < 1.29 is 9.53 Å². The van der Waals surface area contributed by atoms with Crippen molar-refractivity contribution in [3.05, 3.63) is 51.5 Å². The monoisotopic (exact) mass is 368 g/mol. The van der Waals surface area contributed by atoms with Gasteiger partial charge in [-0.3, -0.25) is 4.79 Å². The summed E-state index contributed by atoms with van der Waals surface area (Å²) in [6.07, 6.45) is 0. The molecule has 3 N–H and O–H groups in total. The first-order valence-corrected chi connectivity index (χ1v) is 7.36. The van der Waals surface area contributed by atoms with Gasteiger partial charge in [-0.1, -0.05) is 27.5 Å². The second-order valence-corrected chi connectivity index (χ2v) is 5.75. The van der Waals surface area contributed by atoms with Crippen molar-refractivity contribution in [3.8, 4) is 5.75 Å². The van der Waals surface area contributed by atoms with Crippen LogP contribution in [-0.2, 0) is 4.79 Å². The van der Waals surface area contributed by atoms with Crippen molar-refractivity contribution in [2.75, 3.05) is 17.7 Å². The van der Waals surface area contributed by atoms with E-state index >= 15 is 0 Å². The molecule has 2 aromatic rings. The number of nitrogen functional groups attached to an aromatic ring is 1. The fourth-order valence-electron chi connectivity index (χ4n) is 1.68. The van der Waals surface area contributed by atoms with E-state index in [2.05, 4.69) is 21.2 Å². The molecular weight excluding hydrogens is 356 g/mol. The number of anilines is 2. The zero-order valence-electron chi connectivity index (χ0n) is 11.3. The second kappa shape index (κ2) is 6.83. The lowest BCUT2D eigenvalue weighted by Crippen LogP contribution is -2.20. The van der Waals surface area contributed by atoms with E-state index in [1.807, 2.05) is 19.1 Å². The van der Waals surface area contributed by atoms with E-state index < -0.39 is 0 Å². The highest BCUT2D eigenvalue weighted by molar-refractivity contribution is 9.10. The molecule has 4 nitrogen and oxygen atoms in total. The molecule has 0 unspecified atom stereocenters. The number of nitrogens with two attached hydrogens (primary N) is 1. The summed E-state index contributed by atoms with van der Waals surface area (Å²) in [5, 5.41) is 3.09. The molecule has 0 atom stereocenters. The van der Waals surface area contributed by atoms with Gasteiger partial charge in [-0.25, -0.2) is 0 Å². The van der Waals surface area contributed by atoms with Crippen LogP contribution in [0.3, 0.4) is 0 Å². The fraction of sp³-hybridized carbons (Fsp3) is 0.133. The first-order chi connectivity index (χ1) is 9.95.